The molecular weight excluding hydrogens is 328 g/mol. The van der Waals surface area contributed by atoms with E-state index in [1.54, 1.807) is 23.1 Å². The molecule has 122 valence electrons. The fourth-order valence-electron chi connectivity index (χ4n) is 2.42. The van der Waals surface area contributed by atoms with Crippen molar-refractivity contribution in [2.75, 3.05) is 26.7 Å². The topological polar surface area (TPSA) is 75.7 Å². The van der Waals surface area contributed by atoms with Crippen molar-refractivity contribution >= 4 is 27.7 Å². The Bertz CT molecular complexity index is 627. The number of piperidine rings is 1. The van der Waals surface area contributed by atoms with E-state index in [1.165, 1.54) is 13.2 Å². The van der Waals surface area contributed by atoms with Crippen LogP contribution in [0.5, 0.6) is 0 Å². The van der Waals surface area contributed by atoms with Gasteiger partial charge in [0, 0.05) is 19.6 Å². The first-order valence-corrected chi connectivity index (χ1v) is 8.87. The van der Waals surface area contributed by atoms with Gasteiger partial charge in [0.2, 0.25) is 10.0 Å². The summed E-state index contributed by atoms with van der Waals surface area (Å²) in [7, 11) is -2.26. The molecule has 0 unspecified atom stereocenters. The second kappa shape index (κ2) is 7.30. The molecule has 1 heterocycles. The van der Waals surface area contributed by atoms with Gasteiger partial charge in [0.25, 0.3) is 0 Å². The number of ether oxygens (including phenoxy) is 1. The Balaban J connectivity index is 1.89. The third kappa shape index (κ3) is 4.12. The molecule has 1 fully saturated rings. The van der Waals surface area contributed by atoms with Gasteiger partial charge in [0.05, 0.1) is 12.1 Å². The molecule has 0 saturated carbocycles. The van der Waals surface area contributed by atoms with Gasteiger partial charge in [-0.25, -0.2) is 17.9 Å². The third-order valence-electron chi connectivity index (χ3n) is 3.74. The predicted octanol–water partition coefficient (Wildman–Crippen LogP) is 2.10. The number of methoxy groups -OCH3 is 1. The Morgan fingerprint density at radius 1 is 1.36 bits per heavy atom. The number of carbonyl (C=O) groups is 1. The van der Waals surface area contributed by atoms with Crippen molar-refractivity contribution in [2.24, 2.45) is 5.92 Å². The fraction of sp³-hybridized carbons (Fsp3) is 0.500. The summed E-state index contributed by atoms with van der Waals surface area (Å²) in [5.41, 5.74) is 0. The summed E-state index contributed by atoms with van der Waals surface area (Å²) < 4.78 is 31.7. The van der Waals surface area contributed by atoms with E-state index in [4.69, 9.17) is 11.6 Å². The molecule has 0 atom stereocenters. The molecule has 1 amide bonds. The van der Waals surface area contributed by atoms with E-state index in [2.05, 4.69) is 9.46 Å². The van der Waals surface area contributed by atoms with Crippen molar-refractivity contribution in [2.45, 2.75) is 17.7 Å². The number of nitrogens with one attached hydrogen (secondary N) is 1. The molecule has 2 rings (SSSR count). The third-order valence-corrected chi connectivity index (χ3v) is 5.66. The van der Waals surface area contributed by atoms with Crippen LogP contribution in [0.4, 0.5) is 4.79 Å². The van der Waals surface area contributed by atoms with E-state index in [0.717, 1.165) is 12.8 Å². The van der Waals surface area contributed by atoms with Crippen molar-refractivity contribution < 1.29 is 17.9 Å². The van der Waals surface area contributed by atoms with Crippen LogP contribution in [0.3, 0.4) is 0 Å². The molecule has 1 aliphatic heterocycles. The van der Waals surface area contributed by atoms with Crippen LogP contribution in [0.25, 0.3) is 0 Å². The maximum Gasteiger partial charge on any atom is 0.409 e. The molecule has 22 heavy (non-hydrogen) atoms. The minimum atomic E-state index is -3.61. The molecule has 0 spiro atoms. The van der Waals surface area contributed by atoms with Crippen molar-refractivity contribution in [3.63, 3.8) is 0 Å². The zero-order chi connectivity index (χ0) is 16.2. The van der Waals surface area contributed by atoms with E-state index in [1.807, 2.05) is 0 Å². The Morgan fingerprint density at radius 2 is 2.00 bits per heavy atom. The molecule has 0 bridgehead atoms. The van der Waals surface area contributed by atoms with Gasteiger partial charge in [-0.15, -0.1) is 0 Å². The Kier molecular flexibility index (Phi) is 5.66. The van der Waals surface area contributed by atoms with E-state index >= 15 is 0 Å². The summed E-state index contributed by atoms with van der Waals surface area (Å²) in [6.45, 7) is 1.49. The lowest BCUT2D eigenvalue weighted by atomic mass is 9.97. The molecule has 1 aromatic rings. The molecular formula is C14H19ClN2O4S. The zero-order valence-corrected chi connectivity index (χ0v) is 13.9. The van der Waals surface area contributed by atoms with Crippen molar-refractivity contribution in [1.82, 2.24) is 9.62 Å². The number of hydrogen-bond acceptors (Lipinski definition) is 4. The normalized spacial score (nSPS) is 16.5. The highest BCUT2D eigenvalue weighted by atomic mass is 35.5. The largest absolute Gasteiger partial charge is 0.453 e. The lowest BCUT2D eigenvalue weighted by Gasteiger charge is -2.30. The fourth-order valence-corrected chi connectivity index (χ4v) is 4.05. The smallest absolute Gasteiger partial charge is 0.409 e. The van der Waals surface area contributed by atoms with Crippen LogP contribution in [0.1, 0.15) is 12.8 Å². The average Bonchev–Trinajstić information content (AvgIpc) is 2.53. The number of benzene rings is 1. The minimum absolute atomic E-state index is 0.0867. The average molecular weight is 347 g/mol. The van der Waals surface area contributed by atoms with Gasteiger partial charge in [0.15, 0.2) is 0 Å². The second-order valence-corrected chi connectivity index (χ2v) is 7.33. The molecule has 6 nitrogen and oxygen atoms in total. The number of halogens is 1. The van der Waals surface area contributed by atoms with E-state index in [-0.39, 0.29) is 21.9 Å². The number of nitrogens with zero attached hydrogens (tertiary/aromatic N) is 1. The Morgan fingerprint density at radius 3 is 2.59 bits per heavy atom. The number of sulfonamides is 1. The number of hydrogen-bond donors (Lipinski definition) is 1. The highest BCUT2D eigenvalue weighted by Crippen LogP contribution is 2.22. The maximum absolute atomic E-state index is 12.2. The van der Waals surface area contributed by atoms with E-state index in [9.17, 15) is 13.2 Å². The molecule has 0 aromatic heterocycles. The molecule has 1 aromatic carbocycles. The van der Waals surface area contributed by atoms with E-state index < -0.39 is 10.0 Å². The summed E-state index contributed by atoms with van der Waals surface area (Å²) in [6.07, 6.45) is 1.13. The van der Waals surface area contributed by atoms with Crippen LogP contribution < -0.4 is 4.72 Å². The van der Waals surface area contributed by atoms with Crippen LogP contribution in [0.15, 0.2) is 29.2 Å². The van der Waals surface area contributed by atoms with Crippen LogP contribution in [0.2, 0.25) is 5.02 Å². The zero-order valence-electron chi connectivity index (χ0n) is 12.3. The summed E-state index contributed by atoms with van der Waals surface area (Å²) in [6, 6.07) is 6.34. The van der Waals surface area contributed by atoms with Gasteiger partial charge < -0.3 is 9.64 Å². The molecule has 0 radical (unpaired) electrons. The molecule has 8 heteroatoms. The van der Waals surface area contributed by atoms with Gasteiger partial charge in [-0.3, -0.25) is 0 Å². The minimum Gasteiger partial charge on any atom is -0.453 e. The van der Waals surface area contributed by atoms with Crippen LogP contribution in [0, 0.1) is 5.92 Å². The van der Waals surface area contributed by atoms with Gasteiger partial charge in [-0.1, -0.05) is 23.7 Å². The summed E-state index contributed by atoms with van der Waals surface area (Å²) in [5.74, 6) is 0.193. The Hall–Kier alpha value is -1.31. The number of likely N-dealkylation sites (tertiary alicyclic amines) is 1. The van der Waals surface area contributed by atoms with Crippen molar-refractivity contribution in [3.05, 3.63) is 29.3 Å². The molecule has 1 N–H and O–H groups in total. The SMILES string of the molecule is COC(=O)N1CCC(CNS(=O)(=O)c2ccccc2Cl)CC1. The standard InChI is InChI=1S/C14H19ClN2O4S/c1-21-14(18)17-8-6-11(7-9-17)10-16-22(19,20)13-5-3-2-4-12(13)15/h2-5,11,16H,6-10H2,1H3. The molecule has 1 aliphatic rings. The van der Waals surface area contributed by atoms with Crippen molar-refractivity contribution in [3.8, 4) is 0 Å². The van der Waals surface area contributed by atoms with E-state index in [0.29, 0.717) is 19.6 Å². The van der Waals surface area contributed by atoms with Gasteiger partial charge >= 0.3 is 6.09 Å². The molecule has 0 aliphatic carbocycles. The predicted molar refractivity (Wildman–Crippen MR) is 83.3 cm³/mol. The summed E-state index contributed by atoms with van der Waals surface area (Å²) >= 11 is 5.92. The number of carbonyl (C=O) groups excluding carboxylic acids is 1. The number of rotatable bonds is 4. The highest BCUT2D eigenvalue weighted by Gasteiger charge is 2.25. The first kappa shape index (κ1) is 17.1. The maximum atomic E-state index is 12.2. The van der Waals surface area contributed by atoms with Gasteiger partial charge in [0.1, 0.15) is 4.90 Å². The lowest BCUT2D eigenvalue weighted by Crippen LogP contribution is -2.41. The second-order valence-electron chi connectivity index (χ2n) is 5.18. The first-order chi connectivity index (χ1) is 10.4. The summed E-state index contributed by atoms with van der Waals surface area (Å²) in [4.78, 5) is 13.1. The first-order valence-electron chi connectivity index (χ1n) is 7.01. The number of amides is 1. The van der Waals surface area contributed by atoms with Gasteiger partial charge in [-0.2, -0.15) is 0 Å². The lowest BCUT2D eigenvalue weighted by molar-refractivity contribution is 0.106. The molecule has 1 saturated heterocycles. The summed E-state index contributed by atoms with van der Waals surface area (Å²) in [5, 5.41) is 0.204. The quantitative estimate of drug-likeness (QED) is 0.905. The Labute approximate surface area is 135 Å². The highest BCUT2D eigenvalue weighted by molar-refractivity contribution is 7.89. The van der Waals surface area contributed by atoms with Crippen LogP contribution >= 0.6 is 11.6 Å². The monoisotopic (exact) mass is 346 g/mol. The van der Waals surface area contributed by atoms with Crippen LogP contribution in [-0.2, 0) is 14.8 Å². The van der Waals surface area contributed by atoms with Crippen molar-refractivity contribution in [1.29, 1.82) is 0 Å². The van der Waals surface area contributed by atoms with Crippen LogP contribution in [-0.4, -0.2) is 46.2 Å². The van der Waals surface area contributed by atoms with Gasteiger partial charge in [-0.05, 0) is 30.9 Å².